The summed E-state index contributed by atoms with van der Waals surface area (Å²) in [4.78, 5) is 8.60. The van der Waals surface area contributed by atoms with Gasteiger partial charge in [-0.25, -0.2) is 4.99 Å². The highest BCUT2D eigenvalue weighted by molar-refractivity contribution is 8.14. The molecule has 0 atom stereocenters. The quantitative estimate of drug-likeness (QED) is 0.685. The van der Waals surface area contributed by atoms with Gasteiger partial charge in [0.15, 0.2) is 0 Å². The third-order valence-electron chi connectivity index (χ3n) is 2.32. The summed E-state index contributed by atoms with van der Waals surface area (Å²) in [6, 6.07) is 10.5. The highest BCUT2D eigenvalue weighted by atomic mass is 32.2. The van der Waals surface area contributed by atoms with E-state index < -0.39 is 0 Å². The predicted octanol–water partition coefficient (Wildman–Crippen LogP) is 4.65. The lowest BCUT2D eigenvalue weighted by molar-refractivity contribution is 1.39. The van der Waals surface area contributed by atoms with Gasteiger partial charge in [0.1, 0.15) is 5.04 Å². The Hall–Kier alpha value is -0.710. The monoisotopic (exact) mass is 263 g/mol. The van der Waals surface area contributed by atoms with E-state index in [1.54, 1.807) is 23.1 Å². The van der Waals surface area contributed by atoms with Gasteiger partial charge in [-0.2, -0.15) is 0 Å². The topological polar surface area (TPSA) is 12.4 Å². The number of rotatable bonds is 0. The van der Waals surface area contributed by atoms with Gasteiger partial charge in [0.05, 0.1) is 10.6 Å². The Morgan fingerprint density at radius 1 is 1.12 bits per heavy atom. The number of thiophene rings is 1. The fraction of sp³-hybridized carbons (Fsp3) is 0.0833. The predicted molar refractivity (Wildman–Crippen MR) is 74.6 cm³/mol. The van der Waals surface area contributed by atoms with Crippen LogP contribution in [0.1, 0.15) is 4.88 Å². The average Bonchev–Trinajstić information content (AvgIpc) is 2.70. The minimum atomic E-state index is 1.08. The highest BCUT2D eigenvalue weighted by Crippen LogP contribution is 2.43. The molecule has 0 amide bonds. The zero-order valence-electron chi connectivity index (χ0n) is 8.64. The number of benzene rings is 1. The molecule has 2 aromatic rings. The van der Waals surface area contributed by atoms with Crippen LogP contribution in [0, 0.1) is 0 Å². The summed E-state index contributed by atoms with van der Waals surface area (Å²) >= 11 is 5.30. The third kappa shape index (κ3) is 1.71. The largest absolute Gasteiger partial charge is 0.239 e. The van der Waals surface area contributed by atoms with E-state index in [1.807, 2.05) is 17.8 Å². The molecule has 3 rings (SSSR count). The molecule has 1 aromatic carbocycles. The Morgan fingerprint density at radius 2 is 2.00 bits per heavy atom. The number of hydrogen-bond acceptors (Lipinski definition) is 4. The SMILES string of the molecule is CSC1=Nc2ccccc2Sc2ccsc21. The van der Waals surface area contributed by atoms with Crippen LogP contribution in [0.4, 0.5) is 5.69 Å². The summed E-state index contributed by atoms with van der Waals surface area (Å²) in [6.45, 7) is 0. The Kier molecular flexibility index (Phi) is 2.79. The van der Waals surface area contributed by atoms with Crippen LogP contribution in [0.15, 0.2) is 50.5 Å². The van der Waals surface area contributed by atoms with Crippen molar-refractivity contribution in [1.29, 1.82) is 0 Å². The van der Waals surface area contributed by atoms with Gasteiger partial charge in [-0.05, 0) is 29.8 Å². The molecule has 16 heavy (non-hydrogen) atoms. The van der Waals surface area contributed by atoms with Crippen molar-refractivity contribution in [3.8, 4) is 0 Å². The summed E-state index contributed by atoms with van der Waals surface area (Å²) in [5.41, 5.74) is 1.08. The first kappa shape index (κ1) is 10.4. The standard InChI is InChI=1S/C12H9NS3/c1-14-12-11-10(6-7-15-11)16-9-5-3-2-4-8(9)13-12/h2-7H,1H3. The van der Waals surface area contributed by atoms with Gasteiger partial charge in [-0.1, -0.05) is 23.9 Å². The molecule has 1 aliphatic heterocycles. The van der Waals surface area contributed by atoms with Gasteiger partial charge in [0.2, 0.25) is 0 Å². The number of thioether (sulfide) groups is 1. The van der Waals surface area contributed by atoms with Crippen molar-refractivity contribution in [3.63, 3.8) is 0 Å². The van der Waals surface area contributed by atoms with Crippen LogP contribution >= 0.6 is 34.9 Å². The van der Waals surface area contributed by atoms with E-state index in [9.17, 15) is 0 Å². The summed E-state index contributed by atoms with van der Waals surface area (Å²) in [5.74, 6) is 0. The minimum absolute atomic E-state index is 1.08. The molecule has 0 bridgehead atoms. The number of aliphatic imine (C=N–C) groups is 1. The van der Waals surface area contributed by atoms with Crippen LogP contribution in [0.2, 0.25) is 0 Å². The molecule has 0 N–H and O–H groups in total. The fourth-order valence-electron chi connectivity index (χ4n) is 1.59. The molecule has 0 unspecified atom stereocenters. The third-order valence-corrected chi connectivity index (χ3v) is 5.31. The summed E-state index contributed by atoms with van der Waals surface area (Å²) in [7, 11) is 0. The van der Waals surface area contributed by atoms with Crippen LogP contribution in [0.5, 0.6) is 0 Å². The maximum Gasteiger partial charge on any atom is 0.115 e. The first-order valence-electron chi connectivity index (χ1n) is 4.86. The Balaban J connectivity index is 2.23. The van der Waals surface area contributed by atoms with Crippen molar-refractivity contribution in [2.24, 2.45) is 4.99 Å². The number of fused-ring (bicyclic) bond motifs is 2. The van der Waals surface area contributed by atoms with Crippen molar-refractivity contribution in [2.45, 2.75) is 9.79 Å². The van der Waals surface area contributed by atoms with Crippen LogP contribution in [0.3, 0.4) is 0 Å². The lowest BCUT2D eigenvalue weighted by Gasteiger charge is -2.00. The summed E-state index contributed by atoms with van der Waals surface area (Å²) in [6.07, 6.45) is 2.08. The van der Waals surface area contributed by atoms with Crippen molar-refractivity contribution < 1.29 is 0 Å². The molecular formula is C12H9NS3. The fourth-order valence-corrected chi connectivity index (χ4v) is 4.48. The lowest BCUT2D eigenvalue weighted by Crippen LogP contribution is -1.89. The minimum Gasteiger partial charge on any atom is -0.239 e. The molecule has 0 saturated heterocycles. The molecule has 2 heterocycles. The number of nitrogens with zero attached hydrogens (tertiary/aromatic N) is 1. The van der Waals surface area contributed by atoms with E-state index in [2.05, 4.69) is 35.9 Å². The van der Waals surface area contributed by atoms with Crippen molar-refractivity contribution in [1.82, 2.24) is 0 Å². The Labute approximate surface area is 107 Å². The van der Waals surface area contributed by atoms with E-state index in [-0.39, 0.29) is 0 Å². The Bertz CT molecular complexity index is 557. The van der Waals surface area contributed by atoms with Gasteiger partial charge in [-0.3, -0.25) is 0 Å². The van der Waals surface area contributed by atoms with Crippen LogP contribution in [-0.4, -0.2) is 11.3 Å². The van der Waals surface area contributed by atoms with E-state index in [0.29, 0.717) is 0 Å². The second-order valence-corrected chi connectivity index (χ2v) is 6.10. The number of hydrogen-bond donors (Lipinski definition) is 0. The van der Waals surface area contributed by atoms with E-state index >= 15 is 0 Å². The summed E-state index contributed by atoms with van der Waals surface area (Å²) < 4.78 is 0. The molecule has 80 valence electrons. The zero-order valence-corrected chi connectivity index (χ0v) is 11.1. The highest BCUT2D eigenvalue weighted by Gasteiger charge is 2.17. The molecule has 0 radical (unpaired) electrons. The molecule has 0 fully saturated rings. The van der Waals surface area contributed by atoms with Gasteiger partial charge in [0.25, 0.3) is 0 Å². The number of para-hydroxylation sites is 1. The molecule has 4 heteroatoms. The van der Waals surface area contributed by atoms with E-state index in [4.69, 9.17) is 4.99 Å². The molecule has 1 aromatic heterocycles. The molecule has 1 aliphatic rings. The molecule has 0 aliphatic carbocycles. The smallest absolute Gasteiger partial charge is 0.115 e. The first-order chi connectivity index (χ1) is 7.88. The lowest BCUT2D eigenvalue weighted by atomic mass is 10.3. The van der Waals surface area contributed by atoms with Crippen molar-refractivity contribution >= 4 is 45.6 Å². The molecule has 0 saturated carbocycles. The van der Waals surface area contributed by atoms with Crippen molar-refractivity contribution in [2.75, 3.05) is 6.26 Å². The van der Waals surface area contributed by atoms with Crippen molar-refractivity contribution in [3.05, 3.63) is 40.6 Å². The second-order valence-electron chi connectivity index (χ2n) is 3.30. The normalized spacial score (nSPS) is 13.7. The molecule has 1 nitrogen and oxygen atoms in total. The maximum absolute atomic E-state index is 4.74. The van der Waals surface area contributed by atoms with Gasteiger partial charge in [0, 0.05) is 9.79 Å². The molecular weight excluding hydrogens is 254 g/mol. The van der Waals surface area contributed by atoms with Crippen LogP contribution in [0.25, 0.3) is 0 Å². The van der Waals surface area contributed by atoms with Gasteiger partial charge < -0.3 is 0 Å². The second kappa shape index (κ2) is 4.28. The zero-order chi connectivity index (χ0) is 11.0. The van der Waals surface area contributed by atoms with Crippen LogP contribution in [-0.2, 0) is 0 Å². The van der Waals surface area contributed by atoms with E-state index in [0.717, 1.165) is 10.7 Å². The van der Waals surface area contributed by atoms with E-state index in [1.165, 1.54) is 14.7 Å². The maximum atomic E-state index is 4.74. The Morgan fingerprint density at radius 3 is 2.88 bits per heavy atom. The first-order valence-corrected chi connectivity index (χ1v) is 7.78. The van der Waals surface area contributed by atoms with Gasteiger partial charge >= 0.3 is 0 Å². The summed E-state index contributed by atoms with van der Waals surface area (Å²) in [5, 5.41) is 3.26. The average molecular weight is 263 g/mol. The van der Waals surface area contributed by atoms with Gasteiger partial charge in [-0.15, -0.1) is 23.1 Å². The van der Waals surface area contributed by atoms with Crippen LogP contribution < -0.4 is 0 Å². The molecule has 0 spiro atoms.